The van der Waals surface area contributed by atoms with Gasteiger partial charge in [0.25, 0.3) is 5.56 Å². The zero-order valence-electron chi connectivity index (χ0n) is 15.1. The summed E-state index contributed by atoms with van der Waals surface area (Å²) < 4.78 is 0. The maximum Gasteiger partial charge on any atom is 0.268 e. The van der Waals surface area contributed by atoms with Crippen molar-refractivity contribution in [2.45, 2.75) is 38.5 Å². The third kappa shape index (κ3) is 2.32. The van der Waals surface area contributed by atoms with E-state index < -0.39 is 0 Å². The SMILES string of the molecule is N#Cc1c(N2CCC3(CCC3)CC2)c2cc(N3CCC3)ccc2[nH]c1=O. The minimum atomic E-state index is -0.268. The number of H-pyrrole nitrogens is 1. The largest absolute Gasteiger partial charge is 0.371 e. The van der Waals surface area contributed by atoms with Gasteiger partial charge in [-0.2, -0.15) is 5.26 Å². The van der Waals surface area contributed by atoms with Gasteiger partial charge in [-0.15, -0.1) is 0 Å². The first kappa shape index (κ1) is 15.7. The van der Waals surface area contributed by atoms with Gasteiger partial charge >= 0.3 is 0 Å². The number of pyridine rings is 1. The number of hydrogen-bond acceptors (Lipinski definition) is 4. The molecule has 3 heterocycles. The van der Waals surface area contributed by atoms with E-state index >= 15 is 0 Å². The van der Waals surface area contributed by atoms with Gasteiger partial charge in [0, 0.05) is 37.3 Å². The van der Waals surface area contributed by atoms with E-state index in [1.807, 2.05) is 6.07 Å². The highest BCUT2D eigenvalue weighted by Gasteiger charge is 2.40. The molecule has 0 radical (unpaired) electrons. The Morgan fingerprint density at radius 3 is 2.35 bits per heavy atom. The molecule has 0 atom stereocenters. The van der Waals surface area contributed by atoms with Crippen LogP contribution in [0.1, 0.15) is 44.1 Å². The number of hydrogen-bond donors (Lipinski definition) is 1. The number of aromatic nitrogens is 1. The summed E-state index contributed by atoms with van der Waals surface area (Å²) in [5, 5.41) is 10.7. The normalized spacial score (nSPS) is 21.3. The van der Waals surface area contributed by atoms with Crippen LogP contribution in [0.15, 0.2) is 23.0 Å². The molecule has 134 valence electrons. The molecule has 1 spiro atoms. The lowest BCUT2D eigenvalue weighted by atomic mass is 9.63. The second-order valence-electron chi connectivity index (χ2n) is 8.20. The minimum absolute atomic E-state index is 0.266. The van der Waals surface area contributed by atoms with E-state index in [1.54, 1.807) is 0 Å². The van der Waals surface area contributed by atoms with Crippen LogP contribution in [0.4, 0.5) is 11.4 Å². The summed E-state index contributed by atoms with van der Waals surface area (Å²) in [4.78, 5) is 20.0. The maximum absolute atomic E-state index is 12.5. The van der Waals surface area contributed by atoms with E-state index in [0.29, 0.717) is 5.41 Å². The van der Waals surface area contributed by atoms with Crippen molar-refractivity contribution in [2.24, 2.45) is 5.41 Å². The van der Waals surface area contributed by atoms with Crippen LogP contribution in [-0.2, 0) is 0 Å². The topological polar surface area (TPSA) is 63.1 Å². The zero-order valence-corrected chi connectivity index (χ0v) is 15.1. The number of piperidine rings is 1. The van der Waals surface area contributed by atoms with Crippen LogP contribution in [0, 0.1) is 16.7 Å². The van der Waals surface area contributed by atoms with Gasteiger partial charge in [0.1, 0.15) is 11.6 Å². The van der Waals surface area contributed by atoms with Crippen molar-refractivity contribution in [2.75, 3.05) is 36.0 Å². The fraction of sp³-hybridized carbons (Fsp3) is 0.524. The molecule has 2 aromatic rings. The first-order valence-electron chi connectivity index (χ1n) is 9.79. The molecule has 2 saturated heterocycles. The number of nitrogens with zero attached hydrogens (tertiary/aromatic N) is 3. The van der Waals surface area contributed by atoms with E-state index in [0.717, 1.165) is 42.8 Å². The Morgan fingerprint density at radius 2 is 1.77 bits per heavy atom. The molecule has 26 heavy (non-hydrogen) atoms. The van der Waals surface area contributed by atoms with Crippen LogP contribution < -0.4 is 15.4 Å². The van der Waals surface area contributed by atoms with E-state index in [-0.39, 0.29) is 11.1 Å². The minimum Gasteiger partial charge on any atom is -0.371 e. The van der Waals surface area contributed by atoms with Gasteiger partial charge in [-0.3, -0.25) is 4.79 Å². The molecule has 3 aliphatic rings. The quantitative estimate of drug-likeness (QED) is 0.904. The Balaban J connectivity index is 1.61. The summed E-state index contributed by atoms with van der Waals surface area (Å²) in [6.07, 6.45) is 7.64. The van der Waals surface area contributed by atoms with E-state index in [2.05, 4.69) is 33.0 Å². The smallest absolute Gasteiger partial charge is 0.268 e. The molecule has 1 aromatic heterocycles. The molecule has 1 aliphatic carbocycles. The first-order chi connectivity index (χ1) is 12.7. The van der Waals surface area contributed by atoms with Crippen LogP contribution >= 0.6 is 0 Å². The number of nitriles is 1. The fourth-order valence-corrected chi connectivity index (χ4v) is 4.85. The Bertz CT molecular complexity index is 952. The lowest BCUT2D eigenvalue weighted by molar-refractivity contribution is 0.0956. The Morgan fingerprint density at radius 1 is 1.00 bits per heavy atom. The van der Waals surface area contributed by atoms with Crippen molar-refractivity contribution >= 4 is 22.3 Å². The van der Waals surface area contributed by atoms with E-state index in [9.17, 15) is 10.1 Å². The van der Waals surface area contributed by atoms with Crippen LogP contribution in [0.25, 0.3) is 10.9 Å². The Kier molecular flexibility index (Phi) is 3.49. The summed E-state index contributed by atoms with van der Waals surface area (Å²) in [6, 6.07) is 8.41. The van der Waals surface area contributed by atoms with Crippen LogP contribution in [0.5, 0.6) is 0 Å². The van der Waals surface area contributed by atoms with Crippen molar-refractivity contribution < 1.29 is 0 Å². The molecule has 1 N–H and O–H groups in total. The molecule has 1 saturated carbocycles. The molecule has 1 aromatic carbocycles. The molecule has 5 nitrogen and oxygen atoms in total. The van der Waals surface area contributed by atoms with Crippen molar-refractivity contribution in [3.8, 4) is 6.07 Å². The number of aromatic amines is 1. The van der Waals surface area contributed by atoms with Crippen LogP contribution in [-0.4, -0.2) is 31.2 Å². The standard InChI is InChI=1S/C21H24N4O/c22-14-17-19(25-11-7-21(8-12-25)5-1-6-21)16-13-15(24-9-2-10-24)3-4-18(16)23-20(17)26/h3-4,13H,1-2,5-12H2,(H,23,26). The monoisotopic (exact) mass is 348 g/mol. The highest BCUT2D eigenvalue weighted by molar-refractivity contribution is 5.96. The average Bonchev–Trinajstić information content (AvgIpc) is 2.58. The molecule has 0 bridgehead atoms. The molecule has 3 fully saturated rings. The van der Waals surface area contributed by atoms with E-state index in [4.69, 9.17) is 0 Å². The second-order valence-corrected chi connectivity index (χ2v) is 8.20. The number of anilines is 2. The fourth-order valence-electron chi connectivity index (χ4n) is 4.85. The van der Waals surface area contributed by atoms with Gasteiger partial charge < -0.3 is 14.8 Å². The molecule has 0 unspecified atom stereocenters. The van der Waals surface area contributed by atoms with Gasteiger partial charge in [-0.05, 0) is 55.7 Å². The van der Waals surface area contributed by atoms with Crippen LogP contribution in [0.3, 0.4) is 0 Å². The summed E-state index contributed by atoms with van der Waals surface area (Å²) in [7, 11) is 0. The first-order valence-corrected chi connectivity index (χ1v) is 9.79. The van der Waals surface area contributed by atoms with Gasteiger partial charge in [0.05, 0.1) is 11.2 Å². The zero-order chi connectivity index (χ0) is 17.7. The molecule has 5 rings (SSSR count). The average molecular weight is 348 g/mol. The van der Waals surface area contributed by atoms with Crippen molar-refractivity contribution in [1.82, 2.24) is 4.98 Å². The lowest BCUT2D eigenvalue weighted by Crippen LogP contribution is -2.44. The summed E-state index contributed by atoms with van der Waals surface area (Å²) >= 11 is 0. The lowest BCUT2D eigenvalue weighted by Gasteiger charge is -2.48. The highest BCUT2D eigenvalue weighted by atomic mass is 16.1. The third-order valence-electron chi connectivity index (χ3n) is 6.86. The summed E-state index contributed by atoms with van der Waals surface area (Å²) in [6.45, 7) is 4.06. The number of rotatable bonds is 2. The van der Waals surface area contributed by atoms with Gasteiger partial charge in [0.2, 0.25) is 0 Å². The molecular formula is C21H24N4O. The summed E-state index contributed by atoms with van der Waals surface area (Å²) in [5.74, 6) is 0. The van der Waals surface area contributed by atoms with Gasteiger partial charge in [-0.1, -0.05) is 6.42 Å². The maximum atomic E-state index is 12.5. The highest BCUT2D eigenvalue weighted by Crippen LogP contribution is 2.49. The summed E-state index contributed by atoms with van der Waals surface area (Å²) in [5.41, 5.74) is 3.41. The number of fused-ring (bicyclic) bond motifs is 1. The van der Waals surface area contributed by atoms with Crippen molar-refractivity contribution in [1.29, 1.82) is 5.26 Å². The predicted octanol–water partition coefficient (Wildman–Crippen LogP) is 3.38. The van der Waals surface area contributed by atoms with Gasteiger partial charge in [-0.25, -0.2) is 0 Å². The Labute approximate surface area is 153 Å². The third-order valence-corrected chi connectivity index (χ3v) is 6.86. The van der Waals surface area contributed by atoms with E-state index in [1.165, 1.54) is 44.2 Å². The molecule has 5 heteroatoms. The van der Waals surface area contributed by atoms with Crippen molar-refractivity contribution in [3.05, 3.63) is 34.1 Å². The number of nitrogens with one attached hydrogen (secondary N) is 1. The van der Waals surface area contributed by atoms with Gasteiger partial charge in [0.15, 0.2) is 0 Å². The Hall–Kier alpha value is -2.48. The molecular weight excluding hydrogens is 324 g/mol. The molecule has 0 amide bonds. The molecule has 2 aliphatic heterocycles. The predicted molar refractivity (Wildman–Crippen MR) is 104 cm³/mol. The van der Waals surface area contributed by atoms with Crippen molar-refractivity contribution in [3.63, 3.8) is 0 Å². The second kappa shape index (κ2) is 5.77. The van der Waals surface area contributed by atoms with Crippen LogP contribution in [0.2, 0.25) is 0 Å². The number of benzene rings is 1.